The summed E-state index contributed by atoms with van der Waals surface area (Å²) in [6.07, 6.45) is 0. The summed E-state index contributed by atoms with van der Waals surface area (Å²) >= 11 is 0. The van der Waals surface area contributed by atoms with Gasteiger partial charge in [-0.3, -0.25) is 4.79 Å². The molecule has 1 aromatic carbocycles. The number of aryl methyl sites for hydroxylation is 1. The van der Waals surface area contributed by atoms with Crippen LogP contribution in [0, 0.1) is 6.92 Å². The van der Waals surface area contributed by atoms with E-state index in [9.17, 15) is 9.90 Å². The molecule has 17 heavy (non-hydrogen) atoms. The summed E-state index contributed by atoms with van der Waals surface area (Å²) < 4.78 is 5.54. The highest BCUT2D eigenvalue weighted by molar-refractivity contribution is 5.78. The molecule has 0 unspecified atom stereocenters. The van der Waals surface area contributed by atoms with Crippen molar-refractivity contribution in [3.8, 4) is 17.2 Å². The van der Waals surface area contributed by atoms with Crippen LogP contribution in [0.2, 0.25) is 0 Å². The zero-order valence-corrected chi connectivity index (χ0v) is 9.10. The highest BCUT2D eigenvalue weighted by Crippen LogP contribution is 2.28. The van der Waals surface area contributed by atoms with Crippen molar-refractivity contribution in [2.75, 3.05) is 0 Å². The predicted molar refractivity (Wildman–Crippen MR) is 63.3 cm³/mol. The molecule has 0 amide bonds. The number of phenolic OH excluding ortho intramolecular Hbond substituents is 1. The topological polar surface area (TPSA) is 63.3 Å². The fourth-order valence-electron chi connectivity index (χ4n) is 1.75. The second-order valence-corrected chi connectivity index (χ2v) is 3.95. The van der Waals surface area contributed by atoms with Gasteiger partial charge in [0, 0.05) is 12.1 Å². The van der Waals surface area contributed by atoms with Gasteiger partial charge in [-0.1, -0.05) is 0 Å². The molecule has 4 heteroatoms. The zero-order valence-electron chi connectivity index (χ0n) is 9.10. The number of phenols is 1. The maximum atomic E-state index is 11.2. The second kappa shape index (κ2) is 3.31. The molecule has 1 aliphatic heterocycles. The maximum absolute atomic E-state index is 11.2. The number of aromatic nitrogens is 1. The Morgan fingerprint density at radius 2 is 2.06 bits per heavy atom. The quantitative estimate of drug-likeness (QED) is 0.598. The molecule has 2 aliphatic rings. The van der Waals surface area contributed by atoms with Gasteiger partial charge in [0.05, 0.1) is 0 Å². The highest BCUT2D eigenvalue weighted by atomic mass is 16.3. The number of aromatic hydroxyl groups is 1. The molecule has 4 nitrogen and oxygen atoms in total. The van der Waals surface area contributed by atoms with E-state index in [-0.39, 0.29) is 11.2 Å². The first-order valence-corrected chi connectivity index (χ1v) is 5.18. The molecule has 0 fully saturated rings. The summed E-state index contributed by atoms with van der Waals surface area (Å²) in [4.78, 5) is 15.6. The number of hydrogen-bond acceptors (Lipinski definition) is 4. The van der Waals surface area contributed by atoms with Crippen LogP contribution in [-0.2, 0) is 0 Å². The lowest BCUT2D eigenvalue weighted by Gasteiger charge is -2.06. The second-order valence-electron chi connectivity index (χ2n) is 3.95. The molecular formula is C13H9NO3. The van der Waals surface area contributed by atoms with Crippen LogP contribution in [0.3, 0.4) is 0 Å². The van der Waals surface area contributed by atoms with E-state index in [0.717, 1.165) is 5.56 Å². The Morgan fingerprint density at radius 3 is 2.88 bits per heavy atom. The lowest BCUT2D eigenvalue weighted by atomic mass is 10.2. The van der Waals surface area contributed by atoms with Crippen molar-refractivity contribution in [2.24, 2.45) is 0 Å². The van der Waals surface area contributed by atoms with Gasteiger partial charge in [0.2, 0.25) is 0 Å². The summed E-state index contributed by atoms with van der Waals surface area (Å²) in [5, 5.41) is 9.59. The van der Waals surface area contributed by atoms with Gasteiger partial charge in [0.25, 0.3) is 0 Å². The molecular weight excluding hydrogens is 218 g/mol. The molecule has 0 radical (unpaired) electrons. The molecule has 1 aromatic rings. The van der Waals surface area contributed by atoms with Crippen LogP contribution in [0.5, 0.6) is 5.75 Å². The molecule has 0 spiro atoms. The van der Waals surface area contributed by atoms with Crippen LogP contribution < -0.4 is 5.43 Å². The molecule has 84 valence electrons. The Balaban J connectivity index is 2.45. The fraction of sp³-hybridized carbons (Fsp3) is 0.0769. The molecule has 0 bridgehead atoms. The van der Waals surface area contributed by atoms with E-state index in [1.165, 1.54) is 18.2 Å². The highest BCUT2D eigenvalue weighted by Gasteiger charge is 2.10. The predicted octanol–water partition coefficient (Wildman–Crippen LogP) is 2.31. The largest absolute Gasteiger partial charge is 0.508 e. The van der Waals surface area contributed by atoms with Gasteiger partial charge in [0.15, 0.2) is 16.8 Å². The number of rotatable bonds is 0. The molecule has 3 rings (SSSR count). The summed E-state index contributed by atoms with van der Waals surface area (Å²) in [6, 6.07) is 7.72. The van der Waals surface area contributed by atoms with E-state index in [2.05, 4.69) is 4.98 Å². The van der Waals surface area contributed by atoms with Crippen molar-refractivity contribution in [3.63, 3.8) is 0 Å². The van der Waals surface area contributed by atoms with Gasteiger partial charge < -0.3 is 9.52 Å². The lowest BCUT2D eigenvalue weighted by Crippen LogP contribution is -1.99. The number of hydrogen-bond donors (Lipinski definition) is 1. The Bertz CT molecular complexity index is 745. The van der Waals surface area contributed by atoms with Crippen molar-refractivity contribution in [1.82, 2.24) is 4.98 Å². The third-order valence-corrected chi connectivity index (χ3v) is 2.67. The molecule has 0 saturated heterocycles. The van der Waals surface area contributed by atoms with Crippen LogP contribution in [0.4, 0.5) is 0 Å². The van der Waals surface area contributed by atoms with Gasteiger partial charge in [-0.15, -0.1) is 0 Å². The van der Waals surface area contributed by atoms with E-state index < -0.39 is 0 Å². The average Bonchev–Trinajstić information content (AvgIpc) is 2.28. The minimum atomic E-state index is -0.126. The monoisotopic (exact) mass is 227 g/mol. The third kappa shape index (κ3) is 1.54. The van der Waals surface area contributed by atoms with E-state index in [0.29, 0.717) is 22.6 Å². The first kappa shape index (κ1) is 9.84. The molecule has 0 saturated carbocycles. The molecule has 1 aliphatic carbocycles. The van der Waals surface area contributed by atoms with Gasteiger partial charge in [0.1, 0.15) is 17.0 Å². The van der Waals surface area contributed by atoms with Crippen molar-refractivity contribution >= 4 is 11.1 Å². The summed E-state index contributed by atoms with van der Waals surface area (Å²) in [5.41, 5.74) is 2.36. The minimum Gasteiger partial charge on any atom is -0.508 e. The van der Waals surface area contributed by atoms with Crippen molar-refractivity contribution in [3.05, 3.63) is 46.1 Å². The normalized spacial score (nSPS) is 11.1. The van der Waals surface area contributed by atoms with Gasteiger partial charge in [-0.05, 0) is 30.7 Å². The van der Waals surface area contributed by atoms with E-state index in [1.807, 2.05) is 0 Å². The van der Waals surface area contributed by atoms with Crippen LogP contribution in [0.15, 0.2) is 39.5 Å². The SMILES string of the molecule is Cc1cc2nc3ccc(=O)cc-3oc2cc1O. The Labute approximate surface area is 96.5 Å². The van der Waals surface area contributed by atoms with Crippen LogP contribution in [-0.4, -0.2) is 10.1 Å². The zero-order chi connectivity index (χ0) is 12.0. The molecule has 0 aromatic heterocycles. The molecule has 1 N–H and O–H groups in total. The smallest absolute Gasteiger partial charge is 0.182 e. The van der Waals surface area contributed by atoms with Gasteiger partial charge in [-0.25, -0.2) is 4.98 Å². The number of nitrogens with zero attached hydrogens (tertiary/aromatic N) is 1. The molecule has 1 heterocycles. The third-order valence-electron chi connectivity index (χ3n) is 2.67. The maximum Gasteiger partial charge on any atom is 0.182 e. The standard InChI is InChI=1S/C13H9NO3/c1-7-4-10-13(6-11(7)16)17-12-5-8(15)2-3-9(12)14-10/h2-6,16H,1H3. The first-order chi connectivity index (χ1) is 8.13. The fourth-order valence-corrected chi connectivity index (χ4v) is 1.75. The Hall–Kier alpha value is -2.36. The van der Waals surface area contributed by atoms with Crippen LogP contribution >= 0.6 is 0 Å². The van der Waals surface area contributed by atoms with Crippen molar-refractivity contribution in [2.45, 2.75) is 6.92 Å². The van der Waals surface area contributed by atoms with E-state index in [1.54, 1.807) is 19.1 Å². The van der Waals surface area contributed by atoms with Crippen LogP contribution in [0.25, 0.3) is 22.6 Å². The average molecular weight is 227 g/mol. The van der Waals surface area contributed by atoms with Gasteiger partial charge in [-0.2, -0.15) is 0 Å². The van der Waals surface area contributed by atoms with Crippen LogP contribution in [0.1, 0.15) is 5.56 Å². The van der Waals surface area contributed by atoms with Crippen molar-refractivity contribution in [1.29, 1.82) is 0 Å². The Morgan fingerprint density at radius 1 is 1.24 bits per heavy atom. The van der Waals surface area contributed by atoms with E-state index >= 15 is 0 Å². The first-order valence-electron chi connectivity index (χ1n) is 5.18. The molecule has 0 atom stereocenters. The van der Waals surface area contributed by atoms with E-state index in [4.69, 9.17) is 4.42 Å². The Kier molecular flexibility index (Phi) is 1.92. The minimum absolute atomic E-state index is 0.126. The summed E-state index contributed by atoms with van der Waals surface area (Å²) in [7, 11) is 0. The summed E-state index contributed by atoms with van der Waals surface area (Å²) in [5.74, 6) is 0.578. The number of benzene rings is 2. The van der Waals surface area contributed by atoms with Crippen molar-refractivity contribution < 1.29 is 9.52 Å². The number of fused-ring (bicyclic) bond motifs is 2. The van der Waals surface area contributed by atoms with Gasteiger partial charge >= 0.3 is 0 Å². The lowest BCUT2D eigenvalue weighted by molar-refractivity contribution is 0.470. The summed E-state index contributed by atoms with van der Waals surface area (Å²) in [6.45, 7) is 1.79.